The van der Waals surface area contributed by atoms with Crippen LogP contribution in [-0.2, 0) is 11.2 Å². The molecule has 0 aromatic carbocycles. The molecule has 108 valence electrons. The first kappa shape index (κ1) is 13.6. The summed E-state index contributed by atoms with van der Waals surface area (Å²) >= 11 is 0. The van der Waals surface area contributed by atoms with Crippen molar-refractivity contribution < 1.29 is 4.74 Å². The van der Waals surface area contributed by atoms with E-state index in [1.807, 2.05) is 12.4 Å². The van der Waals surface area contributed by atoms with Crippen molar-refractivity contribution >= 4 is 0 Å². The van der Waals surface area contributed by atoms with Crippen molar-refractivity contribution in [2.75, 3.05) is 26.3 Å². The van der Waals surface area contributed by atoms with E-state index >= 15 is 0 Å². The quantitative estimate of drug-likeness (QED) is 0.846. The number of aryl methyl sites for hydroxylation is 1. The Morgan fingerprint density at radius 3 is 3.10 bits per heavy atom. The van der Waals surface area contributed by atoms with Gasteiger partial charge in [-0.25, -0.2) is 0 Å². The predicted octanol–water partition coefficient (Wildman–Crippen LogP) is 2.98. The summed E-state index contributed by atoms with van der Waals surface area (Å²) in [4.78, 5) is 6.82. The molecule has 1 aromatic heterocycles. The lowest BCUT2D eigenvalue weighted by molar-refractivity contribution is 0.155. The zero-order valence-corrected chi connectivity index (χ0v) is 12.6. The molecular weight excluding hydrogens is 248 g/mol. The maximum absolute atomic E-state index is 5.87. The maximum atomic E-state index is 5.87. The number of hydrogen-bond acceptors (Lipinski definition) is 3. The van der Waals surface area contributed by atoms with Crippen LogP contribution in [0.2, 0.25) is 0 Å². The van der Waals surface area contributed by atoms with Crippen LogP contribution in [-0.4, -0.2) is 36.2 Å². The second-order valence-electron chi connectivity index (χ2n) is 6.32. The van der Waals surface area contributed by atoms with Crippen LogP contribution >= 0.6 is 0 Å². The number of rotatable bonds is 3. The lowest BCUT2D eigenvalue weighted by Gasteiger charge is -2.30. The Kier molecular flexibility index (Phi) is 3.55. The monoisotopic (exact) mass is 272 g/mol. The highest BCUT2D eigenvalue weighted by molar-refractivity contribution is 5.26. The summed E-state index contributed by atoms with van der Waals surface area (Å²) in [7, 11) is 0. The minimum atomic E-state index is 0.257. The van der Waals surface area contributed by atoms with E-state index in [0.29, 0.717) is 5.92 Å². The van der Waals surface area contributed by atoms with Gasteiger partial charge >= 0.3 is 0 Å². The molecule has 2 aliphatic heterocycles. The number of ether oxygens (including phenoxy) is 1. The van der Waals surface area contributed by atoms with Crippen molar-refractivity contribution in [1.82, 2.24) is 9.88 Å². The van der Waals surface area contributed by atoms with Gasteiger partial charge in [-0.05, 0) is 30.9 Å². The van der Waals surface area contributed by atoms with Crippen molar-refractivity contribution in [3.8, 4) is 0 Å². The van der Waals surface area contributed by atoms with E-state index in [2.05, 4.69) is 36.4 Å². The maximum Gasteiger partial charge on any atom is 0.0547 e. The molecule has 0 bridgehead atoms. The molecular formula is C17H24N2O. The molecule has 20 heavy (non-hydrogen) atoms. The van der Waals surface area contributed by atoms with Crippen molar-refractivity contribution in [2.24, 2.45) is 5.41 Å². The highest BCUT2D eigenvalue weighted by Crippen LogP contribution is 2.48. The van der Waals surface area contributed by atoms with Gasteiger partial charge in [-0.2, -0.15) is 0 Å². The Bertz CT molecular complexity index is 513. The fraction of sp³-hybridized carbons (Fsp3) is 0.588. The number of aromatic nitrogens is 1. The normalized spacial score (nSPS) is 29.3. The highest BCUT2D eigenvalue weighted by atomic mass is 16.5. The molecule has 3 rings (SSSR count). The summed E-state index contributed by atoms with van der Waals surface area (Å²) in [6.45, 7) is 12.3. The molecule has 2 unspecified atom stereocenters. The van der Waals surface area contributed by atoms with Gasteiger partial charge in [0.25, 0.3) is 0 Å². The van der Waals surface area contributed by atoms with Crippen LogP contribution in [0.1, 0.15) is 37.3 Å². The molecule has 1 aromatic rings. The molecule has 0 saturated carbocycles. The van der Waals surface area contributed by atoms with Gasteiger partial charge in [-0.15, -0.1) is 0 Å². The summed E-state index contributed by atoms with van der Waals surface area (Å²) in [5.74, 6) is 0.478. The van der Waals surface area contributed by atoms with Gasteiger partial charge < -0.3 is 9.64 Å². The fourth-order valence-corrected chi connectivity index (χ4v) is 3.62. The minimum absolute atomic E-state index is 0.257. The third-order valence-corrected chi connectivity index (χ3v) is 4.97. The third-order valence-electron chi connectivity index (χ3n) is 4.97. The molecule has 2 atom stereocenters. The zero-order valence-electron chi connectivity index (χ0n) is 12.6. The van der Waals surface area contributed by atoms with Crippen molar-refractivity contribution in [2.45, 2.75) is 32.6 Å². The van der Waals surface area contributed by atoms with Crippen molar-refractivity contribution in [1.29, 1.82) is 0 Å². The summed E-state index contributed by atoms with van der Waals surface area (Å²) in [6, 6.07) is 2.32. The smallest absolute Gasteiger partial charge is 0.0547 e. The molecule has 2 aliphatic rings. The van der Waals surface area contributed by atoms with E-state index in [1.54, 1.807) is 0 Å². The Morgan fingerprint density at radius 2 is 2.40 bits per heavy atom. The van der Waals surface area contributed by atoms with Gasteiger partial charge in [0, 0.05) is 42.5 Å². The average Bonchev–Trinajstić information content (AvgIpc) is 3.07. The molecule has 0 aliphatic carbocycles. The van der Waals surface area contributed by atoms with E-state index in [-0.39, 0.29) is 5.41 Å². The molecule has 0 amide bonds. The summed E-state index contributed by atoms with van der Waals surface area (Å²) < 4.78 is 5.87. The SMILES string of the molecule is C=C(C)N1CCC2(COCC2c2cncc(CC)c2)C1. The largest absolute Gasteiger partial charge is 0.380 e. The van der Waals surface area contributed by atoms with Gasteiger partial charge in [0.05, 0.1) is 13.2 Å². The Hall–Kier alpha value is -1.35. The van der Waals surface area contributed by atoms with Crippen LogP contribution in [0.4, 0.5) is 0 Å². The number of hydrogen-bond donors (Lipinski definition) is 0. The Labute approximate surface area is 121 Å². The van der Waals surface area contributed by atoms with Gasteiger partial charge in [0.15, 0.2) is 0 Å². The van der Waals surface area contributed by atoms with Crippen LogP contribution in [0.25, 0.3) is 0 Å². The van der Waals surface area contributed by atoms with Crippen LogP contribution in [0.3, 0.4) is 0 Å². The molecule has 0 radical (unpaired) electrons. The average molecular weight is 272 g/mol. The molecule has 3 heterocycles. The first-order valence-corrected chi connectivity index (χ1v) is 7.56. The Balaban J connectivity index is 1.87. The summed E-state index contributed by atoms with van der Waals surface area (Å²) in [6.07, 6.45) is 6.24. The lowest BCUT2D eigenvalue weighted by Crippen LogP contribution is -2.32. The van der Waals surface area contributed by atoms with E-state index in [0.717, 1.165) is 32.7 Å². The van der Waals surface area contributed by atoms with Crippen LogP contribution < -0.4 is 0 Å². The molecule has 1 spiro atoms. The van der Waals surface area contributed by atoms with Crippen LogP contribution in [0.5, 0.6) is 0 Å². The fourth-order valence-electron chi connectivity index (χ4n) is 3.62. The lowest BCUT2D eigenvalue weighted by atomic mass is 9.74. The number of allylic oxidation sites excluding steroid dienone is 1. The van der Waals surface area contributed by atoms with Gasteiger partial charge in [0.2, 0.25) is 0 Å². The first-order valence-electron chi connectivity index (χ1n) is 7.56. The van der Waals surface area contributed by atoms with Gasteiger partial charge in [-0.3, -0.25) is 4.98 Å². The number of nitrogens with zero attached hydrogens (tertiary/aromatic N) is 2. The van der Waals surface area contributed by atoms with E-state index in [4.69, 9.17) is 4.74 Å². The molecule has 3 nitrogen and oxygen atoms in total. The van der Waals surface area contributed by atoms with Crippen molar-refractivity contribution in [3.63, 3.8) is 0 Å². The predicted molar refractivity (Wildman–Crippen MR) is 80.6 cm³/mol. The van der Waals surface area contributed by atoms with E-state index in [9.17, 15) is 0 Å². The van der Waals surface area contributed by atoms with Crippen LogP contribution in [0.15, 0.2) is 30.7 Å². The van der Waals surface area contributed by atoms with Gasteiger partial charge in [0.1, 0.15) is 0 Å². The Morgan fingerprint density at radius 1 is 1.55 bits per heavy atom. The van der Waals surface area contributed by atoms with Crippen molar-refractivity contribution in [3.05, 3.63) is 41.9 Å². The minimum Gasteiger partial charge on any atom is -0.380 e. The summed E-state index contributed by atoms with van der Waals surface area (Å²) in [5.41, 5.74) is 4.10. The highest BCUT2D eigenvalue weighted by Gasteiger charge is 2.49. The topological polar surface area (TPSA) is 25.4 Å². The zero-order chi connectivity index (χ0) is 14.2. The molecule has 3 heteroatoms. The van der Waals surface area contributed by atoms with E-state index < -0.39 is 0 Å². The third kappa shape index (κ3) is 2.24. The first-order chi connectivity index (χ1) is 9.64. The van der Waals surface area contributed by atoms with Gasteiger partial charge in [-0.1, -0.05) is 19.6 Å². The second kappa shape index (κ2) is 5.21. The summed E-state index contributed by atoms with van der Waals surface area (Å²) in [5, 5.41) is 0. The number of pyridine rings is 1. The molecule has 2 fully saturated rings. The molecule has 2 saturated heterocycles. The number of likely N-dealkylation sites (tertiary alicyclic amines) is 1. The molecule has 0 N–H and O–H groups in total. The standard InChI is InChI=1S/C17H24N2O/c1-4-14-7-15(9-18-8-14)16-10-20-12-17(16)5-6-19(11-17)13(2)3/h7-9,16H,2,4-6,10-12H2,1,3H3. The van der Waals surface area contributed by atoms with Crippen LogP contribution in [0, 0.1) is 5.41 Å². The second-order valence-corrected chi connectivity index (χ2v) is 6.32. The van der Waals surface area contributed by atoms with E-state index in [1.165, 1.54) is 23.2 Å².